The number of rotatable bonds is 9. The standard InChI is InChI=1S/C27H29N3O6S/c1-27(2,3)36-26(32)23(17-18-7-5-4-6-8-18)30-37(33,34)22-15-11-20(12-16-22)25(31)35-21-13-9-19(10-14-21)24(28)29/h4-16,23,30H,17H2,1-3H3,(H3,28,29). The molecule has 0 bridgehead atoms. The minimum Gasteiger partial charge on any atom is -0.459 e. The van der Waals surface area contributed by atoms with Gasteiger partial charge in [-0.25, -0.2) is 13.2 Å². The average Bonchev–Trinajstić information content (AvgIpc) is 2.83. The molecular weight excluding hydrogens is 494 g/mol. The maximum atomic E-state index is 13.1. The predicted octanol–water partition coefficient (Wildman–Crippen LogP) is 3.42. The second-order valence-corrected chi connectivity index (χ2v) is 11.0. The van der Waals surface area contributed by atoms with Gasteiger partial charge in [0.05, 0.1) is 10.5 Å². The van der Waals surface area contributed by atoms with Gasteiger partial charge in [-0.1, -0.05) is 30.3 Å². The van der Waals surface area contributed by atoms with Crippen LogP contribution in [0.3, 0.4) is 0 Å². The van der Waals surface area contributed by atoms with E-state index in [-0.39, 0.29) is 28.5 Å². The van der Waals surface area contributed by atoms with Gasteiger partial charge in [-0.15, -0.1) is 0 Å². The molecule has 3 aromatic carbocycles. The van der Waals surface area contributed by atoms with Gasteiger partial charge < -0.3 is 15.2 Å². The number of nitrogens with one attached hydrogen (secondary N) is 2. The largest absolute Gasteiger partial charge is 0.459 e. The lowest BCUT2D eigenvalue weighted by Crippen LogP contribution is -2.45. The molecule has 3 rings (SSSR count). The van der Waals surface area contributed by atoms with E-state index in [1.807, 2.05) is 6.07 Å². The highest BCUT2D eigenvalue weighted by molar-refractivity contribution is 7.89. The van der Waals surface area contributed by atoms with Gasteiger partial charge in [0.1, 0.15) is 23.2 Å². The number of carbonyl (C=O) groups is 2. The number of amidine groups is 1. The zero-order chi connectivity index (χ0) is 27.2. The van der Waals surface area contributed by atoms with E-state index in [2.05, 4.69) is 4.72 Å². The van der Waals surface area contributed by atoms with Crippen molar-refractivity contribution in [1.82, 2.24) is 4.72 Å². The highest BCUT2D eigenvalue weighted by atomic mass is 32.2. The maximum Gasteiger partial charge on any atom is 0.343 e. The normalized spacial score (nSPS) is 12.4. The monoisotopic (exact) mass is 523 g/mol. The third-order valence-electron chi connectivity index (χ3n) is 5.05. The molecule has 10 heteroatoms. The molecule has 1 unspecified atom stereocenters. The second-order valence-electron chi connectivity index (χ2n) is 9.25. The maximum absolute atomic E-state index is 13.1. The van der Waals surface area contributed by atoms with Crippen molar-refractivity contribution in [3.8, 4) is 5.75 Å². The van der Waals surface area contributed by atoms with E-state index in [4.69, 9.17) is 20.6 Å². The quantitative estimate of drug-likeness (QED) is 0.168. The first kappa shape index (κ1) is 27.6. The Morgan fingerprint density at radius 1 is 0.919 bits per heavy atom. The van der Waals surface area contributed by atoms with E-state index in [0.29, 0.717) is 5.56 Å². The molecule has 3 aromatic rings. The molecule has 0 aliphatic carbocycles. The molecule has 37 heavy (non-hydrogen) atoms. The fourth-order valence-corrected chi connectivity index (χ4v) is 4.47. The summed E-state index contributed by atoms with van der Waals surface area (Å²) in [5, 5.41) is 7.40. The Bertz CT molecular complexity index is 1360. The number of sulfonamides is 1. The summed E-state index contributed by atoms with van der Waals surface area (Å²) in [6.45, 7) is 5.11. The minimum atomic E-state index is -4.13. The molecule has 4 N–H and O–H groups in total. The van der Waals surface area contributed by atoms with Crippen LogP contribution in [0, 0.1) is 5.41 Å². The lowest BCUT2D eigenvalue weighted by Gasteiger charge is -2.24. The predicted molar refractivity (Wildman–Crippen MR) is 139 cm³/mol. The number of ether oxygens (including phenoxy) is 2. The first-order chi connectivity index (χ1) is 17.3. The van der Waals surface area contributed by atoms with Crippen molar-refractivity contribution in [2.24, 2.45) is 5.73 Å². The second kappa shape index (κ2) is 11.4. The van der Waals surface area contributed by atoms with Gasteiger partial charge in [-0.3, -0.25) is 10.2 Å². The van der Waals surface area contributed by atoms with Gasteiger partial charge in [0.15, 0.2) is 0 Å². The summed E-state index contributed by atoms with van der Waals surface area (Å²) in [6, 6.07) is 19.1. The molecule has 0 saturated carbocycles. The molecule has 0 radical (unpaired) electrons. The van der Waals surface area contributed by atoms with Crippen molar-refractivity contribution in [3.05, 3.63) is 95.6 Å². The zero-order valence-corrected chi connectivity index (χ0v) is 21.5. The molecule has 0 heterocycles. The van der Waals surface area contributed by atoms with E-state index in [1.165, 1.54) is 36.4 Å². The van der Waals surface area contributed by atoms with Crippen LogP contribution in [0.2, 0.25) is 0 Å². The number of esters is 2. The van der Waals surface area contributed by atoms with E-state index in [9.17, 15) is 18.0 Å². The lowest BCUT2D eigenvalue weighted by atomic mass is 10.1. The molecule has 194 valence electrons. The molecule has 0 amide bonds. The topological polar surface area (TPSA) is 149 Å². The fraction of sp³-hybridized carbons (Fsp3) is 0.222. The SMILES string of the molecule is CC(C)(C)OC(=O)C(Cc1ccccc1)NS(=O)(=O)c1ccc(C(=O)Oc2ccc(C(=N)N)cc2)cc1. The van der Waals surface area contributed by atoms with Crippen LogP contribution in [0.25, 0.3) is 0 Å². The van der Waals surface area contributed by atoms with Crippen LogP contribution in [0.5, 0.6) is 5.75 Å². The van der Waals surface area contributed by atoms with Gasteiger partial charge in [0.2, 0.25) is 10.0 Å². The number of hydrogen-bond donors (Lipinski definition) is 3. The Labute approximate surface area is 216 Å². The van der Waals surface area contributed by atoms with E-state index < -0.39 is 33.6 Å². The molecule has 0 aromatic heterocycles. The Kier molecular flexibility index (Phi) is 8.46. The molecule has 0 aliphatic rings. The average molecular weight is 524 g/mol. The van der Waals surface area contributed by atoms with Gasteiger partial charge in [0.25, 0.3) is 0 Å². The van der Waals surface area contributed by atoms with Gasteiger partial charge in [-0.05, 0) is 81.3 Å². The molecule has 0 aliphatic heterocycles. The summed E-state index contributed by atoms with van der Waals surface area (Å²) < 4.78 is 39.4. The Morgan fingerprint density at radius 3 is 2.03 bits per heavy atom. The highest BCUT2D eigenvalue weighted by Gasteiger charge is 2.30. The zero-order valence-electron chi connectivity index (χ0n) is 20.7. The Hall–Kier alpha value is -4.02. The van der Waals surface area contributed by atoms with Crippen molar-refractivity contribution >= 4 is 27.8 Å². The number of nitrogens with two attached hydrogens (primary N) is 1. The molecule has 0 saturated heterocycles. The van der Waals surface area contributed by atoms with Gasteiger partial charge >= 0.3 is 11.9 Å². The van der Waals surface area contributed by atoms with Crippen LogP contribution in [0.4, 0.5) is 0 Å². The van der Waals surface area contributed by atoms with E-state index in [0.717, 1.165) is 5.56 Å². The molecule has 9 nitrogen and oxygen atoms in total. The summed E-state index contributed by atoms with van der Waals surface area (Å²) in [7, 11) is -4.13. The van der Waals surface area contributed by atoms with Crippen molar-refractivity contribution in [2.45, 2.75) is 43.7 Å². The fourth-order valence-electron chi connectivity index (χ4n) is 3.29. The molecule has 1 atom stereocenters. The summed E-state index contributed by atoms with van der Waals surface area (Å²) in [6.07, 6.45) is 0.0990. The highest BCUT2D eigenvalue weighted by Crippen LogP contribution is 2.18. The summed E-state index contributed by atoms with van der Waals surface area (Å²) in [5.74, 6) is -1.26. The van der Waals surface area contributed by atoms with E-state index in [1.54, 1.807) is 57.2 Å². The van der Waals surface area contributed by atoms with Crippen LogP contribution in [-0.2, 0) is 26.0 Å². The number of nitrogen functional groups attached to an aromatic ring is 1. The van der Waals surface area contributed by atoms with Gasteiger partial charge in [0, 0.05) is 5.56 Å². The molecular formula is C27H29N3O6S. The van der Waals surface area contributed by atoms with Crippen LogP contribution in [0.15, 0.2) is 83.8 Å². The molecule has 0 fully saturated rings. The number of benzene rings is 3. The third kappa shape index (κ3) is 7.99. The summed E-state index contributed by atoms with van der Waals surface area (Å²) in [5.41, 5.74) is 5.99. The number of carbonyl (C=O) groups excluding carboxylic acids is 2. The smallest absolute Gasteiger partial charge is 0.343 e. The van der Waals surface area contributed by atoms with Gasteiger partial charge in [-0.2, -0.15) is 4.72 Å². The lowest BCUT2D eigenvalue weighted by molar-refractivity contribution is -0.156. The van der Waals surface area contributed by atoms with Crippen LogP contribution < -0.4 is 15.2 Å². The summed E-state index contributed by atoms with van der Waals surface area (Å²) in [4.78, 5) is 25.2. The van der Waals surface area contributed by atoms with Crippen molar-refractivity contribution in [1.29, 1.82) is 5.41 Å². The minimum absolute atomic E-state index is 0.0990. The van der Waals surface area contributed by atoms with Crippen LogP contribution in [0.1, 0.15) is 42.3 Å². The first-order valence-electron chi connectivity index (χ1n) is 11.4. The molecule has 0 spiro atoms. The number of hydrogen-bond acceptors (Lipinski definition) is 7. The third-order valence-corrected chi connectivity index (χ3v) is 6.54. The van der Waals surface area contributed by atoms with Crippen molar-refractivity contribution in [2.75, 3.05) is 0 Å². The summed E-state index contributed by atoms with van der Waals surface area (Å²) >= 11 is 0. The Morgan fingerprint density at radius 2 is 1.49 bits per heavy atom. The Balaban J connectivity index is 1.75. The van der Waals surface area contributed by atoms with Crippen LogP contribution in [-0.4, -0.2) is 37.8 Å². The van der Waals surface area contributed by atoms with Crippen molar-refractivity contribution < 1.29 is 27.5 Å². The first-order valence-corrected chi connectivity index (χ1v) is 12.9. The van der Waals surface area contributed by atoms with Crippen LogP contribution >= 0.6 is 0 Å². The van der Waals surface area contributed by atoms with E-state index >= 15 is 0 Å². The van der Waals surface area contributed by atoms with Crippen molar-refractivity contribution in [3.63, 3.8) is 0 Å².